The Morgan fingerprint density at radius 2 is 1.86 bits per heavy atom. The van der Waals surface area contributed by atoms with Crippen molar-refractivity contribution in [3.05, 3.63) is 69.3 Å². The van der Waals surface area contributed by atoms with Gasteiger partial charge in [-0.2, -0.15) is 0 Å². The SMILES string of the molecule is COc1c(Cl)ccc(-c2nc(N)c(Cl)c(C(=O)OCc3ccccc3F)n2)c1F. The van der Waals surface area contributed by atoms with Gasteiger partial charge in [0, 0.05) is 5.56 Å². The lowest BCUT2D eigenvalue weighted by atomic mass is 10.1. The van der Waals surface area contributed by atoms with E-state index in [9.17, 15) is 13.6 Å². The van der Waals surface area contributed by atoms with E-state index in [0.717, 1.165) is 0 Å². The number of anilines is 1. The van der Waals surface area contributed by atoms with Gasteiger partial charge in [0.1, 0.15) is 23.3 Å². The standard InChI is InChI=1S/C19H13Cl2F2N3O3/c1-28-16-11(20)7-6-10(14(16)23)18-25-15(13(21)17(24)26-18)19(27)29-8-9-4-2-3-5-12(9)22/h2-7H,8H2,1H3,(H2,24,25,26). The molecule has 2 aromatic carbocycles. The van der Waals surface area contributed by atoms with Crippen molar-refractivity contribution in [2.24, 2.45) is 0 Å². The highest BCUT2D eigenvalue weighted by molar-refractivity contribution is 6.35. The lowest BCUT2D eigenvalue weighted by Gasteiger charge is -2.11. The molecule has 2 N–H and O–H groups in total. The van der Waals surface area contributed by atoms with Gasteiger partial charge in [-0.05, 0) is 18.2 Å². The number of ether oxygens (including phenoxy) is 2. The van der Waals surface area contributed by atoms with E-state index in [1.165, 1.54) is 37.4 Å². The van der Waals surface area contributed by atoms with E-state index in [0.29, 0.717) is 0 Å². The number of hydrogen-bond donors (Lipinski definition) is 1. The maximum atomic E-state index is 14.7. The molecule has 10 heteroatoms. The van der Waals surface area contributed by atoms with Gasteiger partial charge in [-0.1, -0.05) is 41.4 Å². The van der Waals surface area contributed by atoms with Crippen molar-refractivity contribution in [1.82, 2.24) is 9.97 Å². The van der Waals surface area contributed by atoms with Crippen LogP contribution < -0.4 is 10.5 Å². The van der Waals surface area contributed by atoms with Crippen LogP contribution in [-0.2, 0) is 11.3 Å². The van der Waals surface area contributed by atoms with Gasteiger partial charge in [0.05, 0.1) is 17.7 Å². The van der Waals surface area contributed by atoms with Crippen molar-refractivity contribution in [3.8, 4) is 17.1 Å². The number of nitrogens with zero attached hydrogens (tertiary/aromatic N) is 2. The van der Waals surface area contributed by atoms with Gasteiger partial charge in [0.15, 0.2) is 23.1 Å². The molecule has 150 valence electrons. The van der Waals surface area contributed by atoms with E-state index in [1.807, 2.05) is 0 Å². The van der Waals surface area contributed by atoms with Crippen LogP contribution >= 0.6 is 23.2 Å². The fourth-order valence-corrected chi connectivity index (χ4v) is 2.82. The molecule has 0 fully saturated rings. The number of benzene rings is 2. The zero-order valence-corrected chi connectivity index (χ0v) is 16.4. The van der Waals surface area contributed by atoms with Gasteiger partial charge in [-0.25, -0.2) is 23.5 Å². The average Bonchev–Trinajstić information content (AvgIpc) is 2.69. The second-order valence-electron chi connectivity index (χ2n) is 5.70. The molecular formula is C19H13Cl2F2N3O3. The molecule has 0 saturated heterocycles. The zero-order chi connectivity index (χ0) is 21.1. The zero-order valence-electron chi connectivity index (χ0n) is 14.9. The Labute approximate surface area is 174 Å². The first-order chi connectivity index (χ1) is 13.8. The quantitative estimate of drug-likeness (QED) is 0.580. The Bertz CT molecular complexity index is 1100. The fourth-order valence-electron chi connectivity index (χ4n) is 2.44. The lowest BCUT2D eigenvalue weighted by Crippen LogP contribution is -2.12. The largest absolute Gasteiger partial charge is 0.492 e. The minimum atomic E-state index is -0.977. The average molecular weight is 440 g/mol. The smallest absolute Gasteiger partial charge is 0.359 e. The van der Waals surface area contributed by atoms with Gasteiger partial charge in [-0.3, -0.25) is 0 Å². The number of halogens is 4. The second kappa shape index (κ2) is 8.59. The first-order valence-electron chi connectivity index (χ1n) is 8.09. The normalized spacial score (nSPS) is 10.7. The molecule has 3 aromatic rings. The van der Waals surface area contributed by atoms with Gasteiger partial charge in [0.2, 0.25) is 0 Å². The highest BCUT2D eigenvalue weighted by atomic mass is 35.5. The maximum absolute atomic E-state index is 14.7. The van der Waals surface area contributed by atoms with Crippen LogP contribution in [0.15, 0.2) is 36.4 Å². The van der Waals surface area contributed by atoms with Crippen LogP contribution in [-0.4, -0.2) is 23.0 Å². The van der Waals surface area contributed by atoms with Crippen LogP contribution in [0.4, 0.5) is 14.6 Å². The predicted octanol–water partition coefficient (Wildman–Crippen LogP) is 4.68. The molecule has 6 nitrogen and oxygen atoms in total. The number of methoxy groups -OCH3 is 1. The second-order valence-corrected chi connectivity index (χ2v) is 6.49. The number of esters is 1. The highest BCUT2D eigenvalue weighted by Crippen LogP contribution is 2.35. The van der Waals surface area contributed by atoms with Gasteiger partial charge in [0.25, 0.3) is 0 Å². The predicted molar refractivity (Wildman–Crippen MR) is 104 cm³/mol. The maximum Gasteiger partial charge on any atom is 0.359 e. The summed E-state index contributed by atoms with van der Waals surface area (Å²) in [7, 11) is 1.25. The van der Waals surface area contributed by atoms with Crippen molar-refractivity contribution < 1.29 is 23.0 Å². The molecule has 1 heterocycles. The highest BCUT2D eigenvalue weighted by Gasteiger charge is 2.23. The van der Waals surface area contributed by atoms with Crippen LogP contribution in [0.3, 0.4) is 0 Å². The van der Waals surface area contributed by atoms with Crippen molar-refractivity contribution in [2.75, 3.05) is 12.8 Å². The van der Waals surface area contributed by atoms with Gasteiger partial charge in [-0.15, -0.1) is 0 Å². The van der Waals surface area contributed by atoms with Crippen LogP contribution in [0.25, 0.3) is 11.4 Å². The summed E-state index contributed by atoms with van der Waals surface area (Å²) in [4.78, 5) is 20.3. The Morgan fingerprint density at radius 1 is 1.14 bits per heavy atom. The number of aromatic nitrogens is 2. The summed E-state index contributed by atoms with van der Waals surface area (Å²) in [6, 6.07) is 8.47. The van der Waals surface area contributed by atoms with Crippen molar-refractivity contribution in [3.63, 3.8) is 0 Å². The molecule has 0 aliphatic heterocycles. The first-order valence-corrected chi connectivity index (χ1v) is 8.85. The number of carbonyl (C=O) groups is 1. The summed E-state index contributed by atoms with van der Waals surface area (Å²) < 4.78 is 38.4. The van der Waals surface area contributed by atoms with Crippen LogP contribution in [0.1, 0.15) is 16.1 Å². The molecule has 0 amide bonds. The Kier molecular flexibility index (Phi) is 6.14. The summed E-state index contributed by atoms with van der Waals surface area (Å²) >= 11 is 11.9. The Hall–Kier alpha value is -2.97. The number of nitrogens with two attached hydrogens (primary N) is 1. The molecule has 29 heavy (non-hydrogen) atoms. The molecule has 0 atom stereocenters. The third-order valence-corrected chi connectivity index (χ3v) is 4.55. The molecule has 0 bridgehead atoms. The monoisotopic (exact) mass is 439 g/mol. The molecule has 0 unspecified atom stereocenters. The van der Waals surface area contributed by atoms with E-state index in [-0.39, 0.29) is 50.9 Å². The fraction of sp³-hybridized carbons (Fsp3) is 0.105. The molecular weight excluding hydrogens is 427 g/mol. The Balaban J connectivity index is 1.96. The first kappa shape index (κ1) is 20.8. The minimum absolute atomic E-state index is 0.0419. The molecule has 1 aromatic heterocycles. The molecule has 0 spiro atoms. The molecule has 0 radical (unpaired) electrons. The van der Waals surface area contributed by atoms with E-state index in [1.54, 1.807) is 6.07 Å². The van der Waals surface area contributed by atoms with Crippen LogP contribution in [0, 0.1) is 11.6 Å². The minimum Gasteiger partial charge on any atom is -0.492 e. The summed E-state index contributed by atoms with van der Waals surface area (Å²) in [5, 5.41) is -0.228. The lowest BCUT2D eigenvalue weighted by molar-refractivity contribution is 0.0462. The summed E-state index contributed by atoms with van der Waals surface area (Å²) in [5.74, 6) is -3.06. The van der Waals surface area contributed by atoms with Crippen LogP contribution in [0.2, 0.25) is 10.0 Å². The van der Waals surface area contributed by atoms with Crippen molar-refractivity contribution in [1.29, 1.82) is 0 Å². The summed E-state index contributed by atoms with van der Waals surface area (Å²) in [6.45, 7) is -0.357. The number of carbonyl (C=O) groups excluding carboxylic acids is 1. The molecule has 0 aliphatic rings. The van der Waals surface area contributed by atoms with E-state index in [4.69, 9.17) is 38.4 Å². The third kappa shape index (κ3) is 4.23. The number of rotatable bonds is 5. The van der Waals surface area contributed by atoms with Gasteiger partial charge >= 0.3 is 5.97 Å². The van der Waals surface area contributed by atoms with Crippen molar-refractivity contribution in [2.45, 2.75) is 6.61 Å². The van der Waals surface area contributed by atoms with E-state index >= 15 is 0 Å². The summed E-state index contributed by atoms with van der Waals surface area (Å²) in [5.41, 5.74) is 5.40. The third-order valence-electron chi connectivity index (χ3n) is 3.88. The molecule has 0 saturated carbocycles. The number of hydrogen-bond acceptors (Lipinski definition) is 6. The molecule has 0 aliphatic carbocycles. The van der Waals surface area contributed by atoms with E-state index in [2.05, 4.69) is 9.97 Å². The topological polar surface area (TPSA) is 87.3 Å². The van der Waals surface area contributed by atoms with Crippen LogP contribution in [0.5, 0.6) is 5.75 Å². The Morgan fingerprint density at radius 3 is 2.55 bits per heavy atom. The van der Waals surface area contributed by atoms with Crippen molar-refractivity contribution >= 4 is 35.0 Å². The molecule has 3 rings (SSSR count). The van der Waals surface area contributed by atoms with Gasteiger partial charge < -0.3 is 15.2 Å². The van der Waals surface area contributed by atoms with E-state index < -0.39 is 17.6 Å². The number of nitrogen functional groups attached to an aromatic ring is 1. The summed E-state index contributed by atoms with van der Waals surface area (Å²) in [6.07, 6.45) is 0.